The Kier molecular flexibility index (Phi) is 4.54. The predicted octanol–water partition coefficient (Wildman–Crippen LogP) is 1.60. The molecular weight excluding hydrogens is 284 g/mol. The Morgan fingerprint density at radius 1 is 1.45 bits per heavy atom. The second kappa shape index (κ2) is 6.21. The number of amides is 2. The molecule has 2 heterocycles. The van der Waals surface area contributed by atoms with Crippen molar-refractivity contribution in [2.75, 3.05) is 18.4 Å². The first kappa shape index (κ1) is 16.1. The normalized spacial score (nSPS) is 18.1. The Bertz CT molecular complexity index is 568. The molecule has 120 valence electrons. The molecule has 1 atom stereocenters. The van der Waals surface area contributed by atoms with Crippen molar-refractivity contribution < 1.29 is 14.3 Å². The minimum absolute atomic E-state index is 0.0491. The largest absolute Gasteiger partial charge is 0.444 e. The highest BCUT2D eigenvalue weighted by Crippen LogP contribution is 2.20. The van der Waals surface area contributed by atoms with E-state index in [0.717, 1.165) is 6.42 Å². The molecule has 3 N–H and O–H groups in total. The van der Waals surface area contributed by atoms with Gasteiger partial charge in [0.1, 0.15) is 5.60 Å². The minimum atomic E-state index is -0.530. The van der Waals surface area contributed by atoms with Crippen LogP contribution < -0.4 is 11.1 Å². The topological polar surface area (TPSA) is 97.6 Å². The van der Waals surface area contributed by atoms with Crippen molar-refractivity contribution in [2.45, 2.75) is 38.8 Å². The van der Waals surface area contributed by atoms with Gasteiger partial charge in [-0.1, -0.05) is 0 Å². The first-order valence-electron chi connectivity index (χ1n) is 7.24. The van der Waals surface area contributed by atoms with Crippen molar-refractivity contribution in [1.29, 1.82) is 0 Å². The van der Waals surface area contributed by atoms with E-state index in [-0.39, 0.29) is 12.1 Å². The van der Waals surface area contributed by atoms with Gasteiger partial charge < -0.3 is 20.7 Å². The van der Waals surface area contributed by atoms with Crippen LogP contribution in [0.3, 0.4) is 0 Å². The molecule has 1 unspecified atom stereocenters. The van der Waals surface area contributed by atoms with Gasteiger partial charge in [0, 0.05) is 31.5 Å². The summed E-state index contributed by atoms with van der Waals surface area (Å²) in [6.45, 7) is 6.66. The summed E-state index contributed by atoms with van der Waals surface area (Å²) >= 11 is 0. The number of likely N-dealkylation sites (tertiary alicyclic amines) is 1. The van der Waals surface area contributed by atoms with Gasteiger partial charge in [-0.05, 0) is 33.3 Å². The number of anilines is 1. The van der Waals surface area contributed by atoms with Crippen molar-refractivity contribution in [3.05, 3.63) is 24.0 Å². The van der Waals surface area contributed by atoms with Gasteiger partial charge in [-0.15, -0.1) is 0 Å². The van der Waals surface area contributed by atoms with Crippen LogP contribution in [0.5, 0.6) is 0 Å². The number of carbonyl (C=O) groups excluding carboxylic acids is 2. The molecule has 1 aliphatic heterocycles. The van der Waals surface area contributed by atoms with Crippen molar-refractivity contribution in [3.8, 4) is 0 Å². The number of nitrogens with zero attached hydrogens (tertiary/aromatic N) is 2. The highest BCUT2D eigenvalue weighted by atomic mass is 16.6. The van der Waals surface area contributed by atoms with Crippen LogP contribution in [0, 0.1) is 0 Å². The number of rotatable bonds is 3. The summed E-state index contributed by atoms with van der Waals surface area (Å²) in [5.74, 6) is -0.530. The summed E-state index contributed by atoms with van der Waals surface area (Å²) in [7, 11) is 0. The standard InChI is InChI=1S/C15H22N4O3/c1-15(2,3)22-14(21)19-7-5-10(9-19)18-12-4-6-17-8-11(12)13(16)20/h4,6,8,10H,5,7,9H2,1-3H3,(H2,16,20)(H,17,18). The van der Waals surface area contributed by atoms with E-state index in [1.165, 1.54) is 6.20 Å². The van der Waals surface area contributed by atoms with Crippen LogP contribution >= 0.6 is 0 Å². The molecule has 1 aromatic rings. The van der Waals surface area contributed by atoms with Crippen LogP contribution in [0.4, 0.5) is 10.5 Å². The molecule has 22 heavy (non-hydrogen) atoms. The fourth-order valence-electron chi connectivity index (χ4n) is 2.31. The number of primary amides is 1. The van der Waals surface area contributed by atoms with Crippen LogP contribution in [-0.2, 0) is 4.74 Å². The minimum Gasteiger partial charge on any atom is -0.444 e. The van der Waals surface area contributed by atoms with Gasteiger partial charge >= 0.3 is 6.09 Å². The summed E-state index contributed by atoms with van der Waals surface area (Å²) in [4.78, 5) is 29.0. The molecular formula is C15H22N4O3. The average molecular weight is 306 g/mol. The summed E-state index contributed by atoms with van der Waals surface area (Å²) in [6.07, 6.45) is 3.49. The van der Waals surface area contributed by atoms with E-state index in [9.17, 15) is 9.59 Å². The smallest absolute Gasteiger partial charge is 0.410 e. The zero-order valence-electron chi connectivity index (χ0n) is 13.1. The van der Waals surface area contributed by atoms with E-state index in [1.807, 2.05) is 20.8 Å². The number of nitrogens with one attached hydrogen (secondary N) is 1. The molecule has 2 amide bonds. The molecule has 7 heteroatoms. The van der Waals surface area contributed by atoms with Gasteiger partial charge in [-0.25, -0.2) is 4.79 Å². The third kappa shape index (κ3) is 4.09. The quantitative estimate of drug-likeness (QED) is 0.884. The monoisotopic (exact) mass is 306 g/mol. The molecule has 1 saturated heterocycles. The summed E-state index contributed by atoms with van der Waals surface area (Å²) in [5, 5.41) is 3.25. The number of aromatic nitrogens is 1. The lowest BCUT2D eigenvalue weighted by Crippen LogP contribution is -2.36. The van der Waals surface area contributed by atoms with Crippen molar-refractivity contribution in [3.63, 3.8) is 0 Å². The molecule has 0 saturated carbocycles. The van der Waals surface area contributed by atoms with Gasteiger partial charge in [0.05, 0.1) is 11.3 Å². The van der Waals surface area contributed by atoms with Gasteiger partial charge in [0.15, 0.2) is 0 Å². The maximum Gasteiger partial charge on any atom is 0.410 e. The summed E-state index contributed by atoms with van der Waals surface area (Å²) in [6, 6.07) is 1.75. The molecule has 2 rings (SSSR count). The van der Waals surface area contributed by atoms with E-state index in [2.05, 4.69) is 10.3 Å². The number of pyridine rings is 1. The van der Waals surface area contributed by atoms with Crippen molar-refractivity contribution >= 4 is 17.7 Å². The Labute approximate surface area is 129 Å². The van der Waals surface area contributed by atoms with Gasteiger partial charge in [-0.2, -0.15) is 0 Å². The Morgan fingerprint density at radius 3 is 2.82 bits per heavy atom. The molecule has 7 nitrogen and oxygen atoms in total. The molecule has 1 aromatic heterocycles. The third-order valence-corrected chi connectivity index (χ3v) is 3.29. The highest BCUT2D eigenvalue weighted by Gasteiger charge is 2.30. The van der Waals surface area contributed by atoms with Crippen LogP contribution in [0.25, 0.3) is 0 Å². The van der Waals surface area contributed by atoms with Crippen LogP contribution in [0.1, 0.15) is 37.6 Å². The number of ether oxygens (including phenoxy) is 1. The zero-order chi connectivity index (χ0) is 16.3. The Hall–Kier alpha value is -2.31. The Balaban J connectivity index is 1.97. The number of carbonyl (C=O) groups is 2. The van der Waals surface area contributed by atoms with E-state index in [4.69, 9.17) is 10.5 Å². The summed E-state index contributed by atoms with van der Waals surface area (Å²) < 4.78 is 5.36. The highest BCUT2D eigenvalue weighted by molar-refractivity contribution is 5.98. The SMILES string of the molecule is CC(C)(C)OC(=O)N1CCC(Nc2ccncc2C(N)=O)C1. The molecule has 0 aliphatic carbocycles. The fraction of sp³-hybridized carbons (Fsp3) is 0.533. The van der Waals surface area contributed by atoms with Gasteiger partial charge in [-0.3, -0.25) is 9.78 Å². The second-order valence-electron chi connectivity index (χ2n) is 6.34. The van der Waals surface area contributed by atoms with E-state index in [0.29, 0.717) is 24.3 Å². The van der Waals surface area contributed by atoms with Crippen molar-refractivity contribution in [1.82, 2.24) is 9.88 Å². The fourth-order valence-corrected chi connectivity index (χ4v) is 2.31. The summed E-state index contributed by atoms with van der Waals surface area (Å²) in [5.41, 5.74) is 5.81. The second-order valence-corrected chi connectivity index (χ2v) is 6.34. The molecule has 0 radical (unpaired) electrons. The van der Waals surface area contributed by atoms with E-state index < -0.39 is 11.5 Å². The van der Waals surface area contributed by atoms with Gasteiger partial charge in [0.25, 0.3) is 5.91 Å². The molecule has 1 aliphatic rings. The van der Waals surface area contributed by atoms with E-state index in [1.54, 1.807) is 17.2 Å². The van der Waals surface area contributed by atoms with Crippen LogP contribution in [0.2, 0.25) is 0 Å². The average Bonchev–Trinajstić information content (AvgIpc) is 2.86. The van der Waals surface area contributed by atoms with Crippen molar-refractivity contribution in [2.24, 2.45) is 5.73 Å². The molecule has 0 spiro atoms. The lowest BCUT2D eigenvalue weighted by molar-refractivity contribution is 0.0293. The molecule has 0 aromatic carbocycles. The van der Waals surface area contributed by atoms with Gasteiger partial charge in [0.2, 0.25) is 0 Å². The maximum atomic E-state index is 12.0. The first-order chi connectivity index (χ1) is 10.3. The molecule has 1 fully saturated rings. The third-order valence-electron chi connectivity index (χ3n) is 3.29. The Morgan fingerprint density at radius 2 is 2.18 bits per heavy atom. The lowest BCUT2D eigenvalue weighted by atomic mass is 10.2. The zero-order valence-corrected chi connectivity index (χ0v) is 13.1. The van der Waals surface area contributed by atoms with E-state index >= 15 is 0 Å². The predicted molar refractivity (Wildman–Crippen MR) is 82.6 cm³/mol. The number of hydrogen-bond donors (Lipinski definition) is 2. The van der Waals surface area contributed by atoms with Crippen LogP contribution in [0.15, 0.2) is 18.5 Å². The molecule has 0 bridgehead atoms. The first-order valence-corrected chi connectivity index (χ1v) is 7.24. The van der Waals surface area contributed by atoms with Crippen LogP contribution in [-0.4, -0.2) is 46.6 Å². The number of hydrogen-bond acceptors (Lipinski definition) is 5. The lowest BCUT2D eigenvalue weighted by Gasteiger charge is -2.24. The maximum absolute atomic E-state index is 12.0. The number of nitrogens with two attached hydrogens (primary N) is 1.